The maximum absolute atomic E-state index is 12.8. The van der Waals surface area contributed by atoms with Gasteiger partial charge >= 0.3 is 0 Å². The molecule has 1 fully saturated rings. The van der Waals surface area contributed by atoms with Crippen LogP contribution in [0.5, 0.6) is 0 Å². The van der Waals surface area contributed by atoms with Gasteiger partial charge in [-0.1, -0.05) is 30.7 Å². The van der Waals surface area contributed by atoms with Crippen molar-refractivity contribution < 1.29 is 4.79 Å². The number of aromatic nitrogens is 1. The van der Waals surface area contributed by atoms with Crippen molar-refractivity contribution in [3.63, 3.8) is 0 Å². The Morgan fingerprint density at radius 2 is 1.93 bits per heavy atom. The van der Waals surface area contributed by atoms with Crippen molar-refractivity contribution in [2.75, 3.05) is 39.8 Å². The van der Waals surface area contributed by atoms with Crippen LogP contribution in [0.25, 0.3) is 11.3 Å². The standard InChI is InChI=1S/C23H34N4OS/c1-6-19(15-27-11-9-26(5)10-12-27)25-22(28)14-21-23(24-18(4)29-21)20-8-7-16(2)13-17(20)3/h7-8,13,19H,6,9-12,14-15H2,1-5H3,(H,25,28)/t19-/m1/s1. The predicted molar refractivity (Wildman–Crippen MR) is 122 cm³/mol. The van der Waals surface area contributed by atoms with E-state index in [1.165, 1.54) is 11.1 Å². The van der Waals surface area contributed by atoms with Gasteiger partial charge in [0.2, 0.25) is 5.91 Å². The van der Waals surface area contributed by atoms with E-state index < -0.39 is 0 Å². The Bertz CT molecular complexity index is 839. The van der Waals surface area contributed by atoms with Crippen LogP contribution in [0.3, 0.4) is 0 Å². The molecule has 1 saturated heterocycles. The van der Waals surface area contributed by atoms with Crippen LogP contribution in [0.2, 0.25) is 0 Å². The normalized spacial score (nSPS) is 16.7. The number of carbonyl (C=O) groups excluding carboxylic acids is 1. The van der Waals surface area contributed by atoms with Crippen molar-refractivity contribution in [3.05, 3.63) is 39.2 Å². The molecule has 0 radical (unpaired) electrons. The van der Waals surface area contributed by atoms with Gasteiger partial charge in [-0.05, 0) is 39.8 Å². The van der Waals surface area contributed by atoms with Crippen LogP contribution in [0, 0.1) is 20.8 Å². The average Bonchev–Trinajstić information content (AvgIpc) is 3.02. The van der Waals surface area contributed by atoms with Gasteiger partial charge in [0, 0.05) is 49.2 Å². The zero-order valence-corrected chi connectivity index (χ0v) is 19.2. The molecule has 5 nitrogen and oxygen atoms in total. The minimum atomic E-state index is 0.0978. The number of nitrogens with one attached hydrogen (secondary N) is 1. The highest BCUT2D eigenvalue weighted by Gasteiger charge is 2.21. The zero-order valence-electron chi connectivity index (χ0n) is 18.4. The molecule has 0 aliphatic carbocycles. The molecule has 1 aliphatic heterocycles. The molecular weight excluding hydrogens is 380 g/mol. The van der Waals surface area contributed by atoms with Gasteiger partial charge in [0.1, 0.15) is 0 Å². The van der Waals surface area contributed by atoms with Crippen LogP contribution in [-0.2, 0) is 11.2 Å². The number of benzene rings is 1. The molecule has 3 rings (SSSR count). The molecule has 29 heavy (non-hydrogen) atoms. The molecule has 1 amide bonds. The molecule has 0 saturated carbocycles. The highest BCUT2D eigenvalue weighted by atomic mass is 32.1. The molecule has 2 heterocycles. The van der Waals surface area contributed by atoms with Gasteiger partial charge < -0.3 is 10.2 Å². The summed E-state index contributed by atoms with van der Waals surface area (Å²) in [5.74, 6) is 0.0978. The van der Waals surface area contributed by atoms with Crippen molar-refractivity contribution in [1.82, 2.24) is 20.1 Å². The zero-order chi connectivity index (χ0) is 21.0. The average molecular weight is 415 g/mol. The molecule has 1 atom stereocenters. The Morgan fingerprint density at radius 1 is 1.21 bits per heavy atom. The molecule has 6 heteroatoms. The number of hydrogen-bond acceptors (Lipinski definition) is 5. The van der Waals surface area contributed by atoms with Crippen molar-refractivity contribution in [1.29, 1.82) is 0 Å². The van der Waals surface area contributed by atoms with Gasteiger partial charge in [0.25, 0.3) is 0 Å². The van der Waals surface area contributed by atoms with Crippen LogP contribution in [0.15, 0.2) is 18.2 Å². The smallest absolute Gasteiger partial charge is 0.225 e. The summed E-state index contributed by atoms with van der Waals surface area (Å²) >= 11 is 1.63. The fourth-order valence-corrected chi connectivity index (χ4v) is 4.87. The Labute approximate surface area is 179 Å². The fraction of sp³-hybridized carbons (Fsp3) is 0.565. The van der Waals surface area contributed by atoms with Gasteiger partial charge in [-0.3, -0.25) is 9.69 Å². The van der Waals surface area contributed by atoms with E-state index in [0.717, 1.165) is 60.3 Å². The second-order valence-electron chi connectivity index (χ2n) is 8.28. The van der Waals surface area contributed by atoms with E-state index in [-0.39, 0.29) is 11.9 Å². The quantitative estimate of drug-likeness (QED) is 0.754. The minimum absolute atomic E-state index is 0.0978. The Hall–Kier alpha value is -1.76. The molecule has 2 aromatic rings. The molecule has 1 aromatic heterocycles. The Morgan fingerprint density at radius 3 is 2.59 bits per heavy atom. The lowest BCUT2D eigenvalue weighted by atomic mass is 10.0. The van der Waals surface area contributed by atoms with E-state index in [9.17, 15) is 4.79 Å². The summed E-state index contributed by atoms with van der Waals surface area (Å²) in [4.78, 5) is 23.5. The van der Waals surface area contributed by atoms with Crippen LogP contribution < -0.4 is 5.32 Å². The summed E-state index contributed by atoms with van der Waals surface area (Å²) in [6.07, 6.45) is 1.34. The van der Waals surface area contributed by atoms with E-state index in [4.69, 9.17) is 4.98 Å². The van der Waals surface area contributed by atoms with E-state index >= 15 is 0 Å². The summed E-state index contributed by atoms with van der Waals surface area (Å²) in [6, 6.07) is 6.62. The van der Waals surface area contributed by atoms with Crippen LogP contribution in [-0.4, -0.2) is 66.5 Å². The number of rotatable bonds is 7. The summed E-state index contributed by atoms with van der Waals surface area (Å²) < 4.78 is 0. The molecule has 158 valence electrons. The third-order valence-corrected chi connectivity index (χ3v) is 6.67. The van der Waals surface area contributed by atoms with Gasteiger partial charge in [-0.15, -0.1) is 11.3 Å². The number of hydrogen-bond donors (Lipinski definition) is 1. The molecular formula is C23H34N4OS. The number of amides is 1. The first-order valence-corrected chi connectivity index (χ1v) is 11.4. The SMILES string of the molecule is CC[C@H](CN1CCN(C)CC1)NC(=O)Cc1sc(C)nc1-c1ccc(C)cc1C. The summed E-state index contributed by atoms with van der Waals surface area (Å²) in [6.45, 7) is 13.7. The van der Waals surface area contributed by atoms with Gasteiger partial charge in [-0.2, -0.15) is 0 Å². The number of likely N-dealkylation sites (N-methyl/N-ethyl adjacent to an activating group) is 1. The topological polar surface area (TPSA) is 48.5 Å². The van der Waals surface area contributed by atoms with Crippen molar-refractivity contribution in [2.45, 2.75) is 46.6 Å². The molecule has 1 aromatic carbocycles. The third-order valence-electron chi connectivity index (χ3n) is 5.69. The maximum Gasteiger partial charge on any atom is 0.225 e. The van der Waals surface area contributed by atoms with E-state index in [1.54, 1.807) is 11.3 Å². The lowest BCUT2D eigenvalue weighted by molar-refractivity contribution is -0.121. The van der Waals surface area contributed by atoms with Gasteiger partial charge in [-0.25, -0.2) is 4.98 Å². The van der Waals surface area contributed by atoms with Crippen LogP contribution in [0.1, 0.15) is 34.4 Å². The number of aryl methyl sites for hydroxylation is 3. The van der Waals surface area contributed by atoms with E-state index in [2.05, 4.69) is 61.1 Å². The second-order valence-corrected chi connectivity index (χ2v) is 9.56. The third kappa shape index (κ3) is 5.87. The van der Waals surface area contributed by atoms with Gasteiger partial charge in [0.15, 0.2) is 0 Å². The van der Waals surface area contributed by atoms with Gasteiger partial charge in [0.05, 0.1) is 17.1 Å². The largest absolute Gasteiger partial charge is 0.352 e. The number of nitrogens with zero attached hydrogens (tertiary/aromatic N) is 3. The van der Waals surface area contributed by atoms with Crippen molar-refractivity contribution >= 4 is 17.2 Å². The summed E-state index contributed by atoms with van der Waals surface area (Å²) in [5.41, 5.74) is 4.55. The van der Waals surface area contributed by atoms with Crippen LogP contribution >= 0.6 is 11.3 Å². The first-order chi connectivity index (χ1) is 13.9. The molecule has 0 spiro atoms. The number of carbonyl (C=O) groups is 1. The molecule has 1 N–H and O–H groups in total. The van der Waals surface area contributed by atoms with E-state index in [1.807, 2.05) is 6.92 Å². The molecule has 0 bridgehead atoms. The number of piperazine rings is 1. The minimum Gasteiger partial charge on any atom is -0.352 e. The summed E-state index contributed by atoms with van der Waals surface area (Å²) in [7, 11) is 2.17. The first kappa shape index (κ1) is 21.9. The van der Waals surface area contributed by atoms with Crippen molar-refractivity contribution in [3.8, 4) is 11.3 Å². The van der Waals surface area contributed by atoms with E-state index in [0.29, 0.717) is 6.42 Å². The monoisotopic (exact) mass is 414 g/mol. The predicted octanol–water partition coefficient (Wildman–Crippen LogP) is 3.42. The lowest BCUT2D eigenvalue weighted by Crippen LogP contribution is -2.50. The fourth-order valence-electron chi connectivity index (χ4n) is 3.92. The maximum atomic E-state index is 12.8. The summed E-state index contributed by atoms with van der Waals surface area (Å²) in [5, 5.41) is 4.28. The highest BCUT2D eigenvalue weighted by molar-refractivity contribution is 7.12. The highest BCUT2D eigenvalue weighted by Crippen LogP contribution is 2.31. The molecule has 0 unspecified atom stereocenters. The number of thiazole rings is 1. The first-order valence-electron chi connectivity index (χ1n) is 10.6. The Kier molecular flexibility index (Phi) is 7.44. The van der Waals surface area contributed by atoms with Crippen molar-refractivity contribution in [2.24, 2.45) is 0 Å². The second kappa shape index (κ2) is 9.83. The van der Waals surface area contributed by atoms with Crippen LogP contribution in [0.4, 0.5) is 0 Å². The molecule has 1 aliphatic rings. The lowest BCUT2D eigenvalue weighted by Gasteiger charge is -2.34. The Balaban J connectivity index is 1.65.